The lowest BCUT2D eigenvalue weighted by Crippen LogP contribution is -2.44. The van der Waals surface area contributed by atoms with E-state index in [9.17, 15) is 9.59 Å². The van der Waals surface area contributed by atoms with Gasteiger partial charge in [0.15, 0.2) is 0 Å². The van der Waals surface area contributed by atoms with E-state index in [4.69, 9.17) is 0 Å². The van der Waals surface area contributed by atoms with Gasteiger partial charge in [0.2, 0.25) is 11.9 Å². The van der Waals surface area contributed by atoms with Crippen molar-refractivity contribution in [3.05, 3.63) is 11.9 Å². The number of anilines is 1. The van der Waals surface area contributed by atoms with Crippen LogP contribution in [0.4, 0.5) is 5.95 Å². The molecule has 0 radical (unpaired) electrons. The molecular formula is C12H19N5O2. The maximum absolute atomic E-state index is 12.0. The summed E-state index contributed by atoms with van der Waals surface area (Å²) in [5.41, 5.74) is 0.336. The molecule has 0 aliphatic carbocycles. The summed E-state index contributed by atoms with van der Waals surface area (Å²) in [5.74, 6) is 0.241. The lowest BCUT2D eigenvalue weighted by molar-refractivity contribution is -0.130. The van der Waals surface area contributed by atoms with E-state index >= 15 is 0 Å². The van der Waals surface area contributed by atoms with Crippen LogP contribution in [0.5, 0.6) is 0 Å². The number of aryl methyl sites for hydroxylation is 1. The Bertz CT molecular complexity index is 471. The Labute approximate surface area is 112 Å². The fourth-order valence-corrected chi connectivity index (χ4v) is 2.01. The molecule has 1 aromatic heterocycles. The van der Waals surface area contributed by atoms with Crippen molar-refractivity contribution in [2.24, 2.45) is 0 Å². The minimum atomic E-state index is -0.561. The van der Waals surface area contributed by atoms with E-state index in [0.29, 0.717) is 11.6 Å². The first-order chi connectivity index (χ1) is 8.99. The van der Waals surface area contributed by atoms with Gasteiger partial charge in [0.1, 0.15) is 11.7 Å². The molecule has 2 rings (SSSR count). The third kappa shape index (κ3) is 2.86. The van der Waals surface area contributed by atoms with E-state index in [1.807, 2.05) is 4.57 Å². The van der Waals surface area contributed by atoms with Gasteiger partial charge in [-0.05, 0) is 13.3 Å². The first-order valence-corrected chi connectivity index (χ1v) is 6.32. The molecule has 2 amide bonds. The zero-order valence-corrected chi connectivity index (χ0v) is 11.4. The predicted octanol–water partition coefficient (Wildman–Crippen LogP) is -0.0948. The second kappa shape index (κ2) is 5.29. The SMILES string of the molecule is CC(NC(=O)c1cn2c(n1)NCCC2)C(=O)N(C)C. The number of likely N-dealkylation sites (N-methyl/N-ethyl adjacent to an activating group) is 1. The smallest absolute Gasteiger partial charge is 0.272 e. The van der Waals surface area contributed by atoms with Gasteiger partial charge in [-0.25, -0.2) is 4.98 Å². The van der Waals surface area contributed by atoms with Gasteiger partial charge in [0.25, 0.3) is 5.91 Å². The minimum Gasteiger partial charge on any atom is -0.356 e. The summed E-state index contributed by atoms with van der Waals surface area (Å²) in [5, 5.41) is 5.78. The number of carbonyl (C=O) groups excluding carboxylic acids is 2. The van der Waals surface area contributed by atoms with Crippen LogP contribution in [0.2, 0.25) is 0 Å². The van der Waals surface area contributed by atoms with Crippen molar-refractivity contribution in [3.8, 4) is 0 Å². The minimum absolute atomic E-state index is 0.143. The summed E-state index contributed by atoms with van der Waals surface area (Å²) in [6, 6.07) is -0.561. The summed E-state index contributed by atoms with van der Waals surface area (Å²) in [6.45, 7) is 3.39. The van der Waals surface area contributed by atoms with Gasteiger partial charge < -0.3 is 20.1 Å². The van der Waals surface area contributed by atoms with Gasteiger partial charge >= 0.3 is 0 Å². The highest BCUT2D eigenvalue weighted by molar-refractivity contribution is 5.96. The van der Waals surface area contributed by atoms with Gasteiger partial charge in [-0.3, -0.25) is 9.59 Å². The first kappa shape index (κ1) is 13.4. The second-order valence-corrected chi connectivity index (χ2v) is 4.85. The Morgan fingerprint density at radius 3 is 2.89 bits per heavy atom. The third-order valence-electron chi connectivity index (χ3n) is 3.03. The fourth-order valence-electron chi connectivity index (χ4n) is 2.01. The highest BCUT2D eigenvalue weighted by Gasteiger charge is 2.21. The Morgan fingerprint density at radius 2 is 2.26 bits per heavy atom. The van der Waals surface area contributed by atoms with Crippen LogP contribution in [0.15, 0.2) is 6.20 Å². The zero-order valence-electron chi connectivity index (χ0n) is 11.4. The van der Waals surface area contributed by atoms with E-state index in [2.05, 4.69) is 15.6 Å². The average Bonchev–Trinajstić information content (AvgIpc) is 2.81. The normalized spacial score (nSPS) is 15.1. The first-order valence-electron chi connectivity index (χ1n) is 6.32. The Balaban J connectivity index is 2.04. The van der Waals surface area contributed by atoms with E-state index in [-0.39, 0.29) is 11.8 Å². The number of imidazole rings is 1. The number of amides is 2. The molecule has 1 atom stereocenters. The molecule has 19 heavy (non-hydrogen) atoms. The van der Waals surface area contributed by atoms with E-state index in [1.165, 1.54) is 4.90 Å². The number of nitrogens with zero attached hydrogens (tertiary/aromatic N) is 3. The summed E-state index contributed by atoms with van der Waals surface area (Å²) in [7, 11) is 3.31. The van der Waals surface area contributed by atoms with Gasteiger partial charge in [-0.1, -0.05) is 0 Å². The topological polar surface area (TPSA) is 79.3 Å². The molecule has 0 aromatic carbocycles. The number of nitrogens with one attached hydrogen (secondary N) is 2. The molecule has 1 aromatic rings. The average molecular weight is 265 g/mol. The van der Waals surface area contributed by atoms with Gasteiger partial charge in [-0.15, -0.1) is 0 Å². The monoisotopic (exact) mass is 265 g/mol. The molecule has 0 bridgehead atoms. The predicted molar refractivity (Wildman–Crippen MR) is 71.0 cm³/mol. The van der Waals surface area contributed by atoms with Crippen LogP contribution in [-0.4, -0.2) is 52.9 Å². The Hall–Kier alpha value is -2.05. The molecule has 0 saturated heterocycles. The van der Waals surface area contributed by atoms with Crippen molar-refractivity contribution in [1.82, 2.24) is 19.8 Å². The summed E-state index contributed by atoms with van der Waals surface area (Å²) < 4.78 is 1.91. The maximum Gasteiger partial charge on any atom is 0.272 e. The molecule has 7 nitrogen and oxygen atoms in total. The molecule has 1 aliphatic heterocycles. The van der Waals surface area contributed by atoms with Gasteiger partial charge in [0, 0.05) is 33.4 Å². The molecule has 2 N–H and O–H groups in total. The zero-order chi connectivity index (χ0) is 14.0. The largest absolute Gasteiger partial charge is 0.356 e. The van der Waals surface area contributed by atoms with Crippen LogP contribution in [0, 0.1) is 0 Å². The maximum atomic E-state index is 12.0. The Kier molecular flexibility index (Phi) is 3.73. The molecular weight excluding hydrogens is 246 g/mol. The van der Waals surface area contributed by atoms with Crippen molar-refractivity contribution in [1.29, 1.82) is 0 Å². The standard InChI is InChI=1S/C12H19N5O2/c1-8(11(19)16(2)3)14-10(18)9-7-17-6-4-5-13-12(17)15-9/h7-8H,4-6H2,1-3H3,(H,13,15)(H,14,18). The van der Waals surface area contributed by atoms with Crippen molar-refractivity contribution in [2.75, 3.05) is 26.0 Å². The number of hydrogen-bond donors (Lipinski definition) is 2. The fraction of sp³-hybridized carbons (Fsp3) is 0.583. The molecule has 1 unspecified atom stereocenters. The summed E-state index contributed by atoms with van der Waals surface area (Å²) >= 11 is 0. The van der Waals surface area contributed by atoms with Gasteiger partial charge in [-0.2, -0.15) is 0 Å². The highest BCUT2D eigenvalue weighted by Crippen LogP contribution is 2.14. The van der Waals surface area contributed by atoms with Crippen molar-refractivity contribution in [3.63, 3.8) is 0 Å². The van der Waals surface area contributed by atoms with Crippen LogP contribution in [0.25, 0.3) is 0 Å². The number of rotatable bonds is 3. The summed E-state index contributed by atoms with van der Waals surface area (Å²) in [4.78, 5) is 29.4. The quantitative estimate of drug-likeness (QED) is 0.800. The molecule has 7 heteroatoms. The van der Waals surface area contributed by atoms with E-state index < -0.39 is 6.04 Å². The van der Waals surface area contributed by atoms with Crippen LogP contribution < -0.4 is 10.6 Å². The van der Waals surface area contributed by atoms with Crippen LogP contribution in [-0.2, 0) is 11.3 Å². The second-order valence-electron chi connectivity index (χ2n) is 4.85. The molecule has 2 heterocycles. The van der Waals surface area contributed by atoms with Crippen LogP contribution in [0.3, 0.4) is 0 Å². The molecule has 0 spiro atoms. The Morgan fingerprint density at radius 1 is 1.53 bits per heavy atom. The number of fused-ring (bicyclic) bond motifs is 1. The number of hydrogen-bond acceptors (Lipinski definition) is 4. The molecule has 104 valence electrons. The molecule has 1 aliphatic rings. The van der Waals surface area contributed by atoms with E-state index in [1.54, 1.807) is 27.2 Å². The molecule has 0 saturated carbocycles. The number of carbonyl (C=O) groups is 2. The highest BCUT2D eigenvalue weighted by atomic mass is 16.2. The summed E-state index contributed by atoms with van der Waals surface area (Å²) in [6.07, 6.45) is 2.73. The number of aromatic nitrogens is 2. The van der Waals surface area contributed by atoms with Crippen molar-refractivity contribution in [2.45, 2.75) is 25.9 Å². The van der Waals surface area contributed by atoms with Gasteiger partial charge in [0.05, 0.1) is 0 Å². The van der Waals surface area contributed by atoms with Crippen LogP contribution in [0.1, 0.15) is 23.8 Å². The van der Waals surface area contributed by atoms with Crippen molar-refractivity contribution < 1.29 is 9.59 Å². The van der Waals surface area contributed by atoms with Crippen molar-refractivity contribution >= 4 is 17.8 Å². The van der Waals surface area contributed by atoms with E-state index in [0.717, 1.165) is 19.5 Å². The molecule has 0 fully saturated rings. The third-order valence-corrected chi connectivity index (χ3v) is 3.03. The van der Waals surface area contributed by atoms with Crippen LogP contribution >= 0.6 is 0 Å². The lowest BCUT2D eigenvalue weighted by Gasteiger charge is -2.17. The lowest BCUT2D eigenvalue weighted by atomic mass is 10.3.